The van der Waals surface area contributed by atoms with Crippen LogP contribution in [0.1, 0.15) is 32.6 Å². The Morgan fingerprint density at radius 3 is 2.65 bits per heavy atom. The summed E-state index contributed by atoms with van der Waals surface area (Å²) in [5.74, 6) is -0.961. The Balaban J connectivity index is 2.00. The van der Waals surface area contributed by atoms with E-state index in [1.54, 1.807) is 17.0 Å². The first-order valence-electron chi connectivity index (χ1n) is 7.02. The lowest BCUT2D eigenvalue weighted by atomic mass is 10.00. The summed E-state index contributed by atoms with van der Waals surface area (Å²) in [7, 11) is 0. The van der Waals surface area contributed by atoms with Crippen LogP contribution in [0.2, 0.25) is 0 Å². The predicted molar refractivity (Wildman–Crippen MR) is 76.4 cm³/mol. The fourth-order valence-electron chi connectivity index (χ4n) is 2.55. The quantitative estimate of drug-likeness (QED) is 0.642. The first kappa shape index (κ1) is 14.4. The van der Waals surface area contributed by atoms with Gasteiger partial charge in [-0.05, 0) is 49.9 Å². The highest BCUT2D eigenvalue weighted by Gasteiger charge is 2.29. The number of phenols is 1. The minimum Gasteiger partial charge on any atom is -0.508 e. The lowest BCUT2D eigenvalue weighted by molar-refractivity contribution is -0.145. The molecule has 20 heavy (non-hydrogen) atoms. The smallest absolute Gasteiger partial charge is 0.313 e. The van der Waals surface area contributed by atoms with Crippen molar-refractivity contribution in [2.24, 2.45) is 0 Å². The average Bonchev–Trinajstić information content (AvgIpc) is 2.48. The van der Waals surface area contributed by atoms with E-state index >= 15 is 0 Å². The van der Waals surface area contributed by atoms with Crippen molar-refractivity contribution in [2.75, 3.05) is 11.9 Å². The summed E-state index contributed by atoms with van der Waals surface area (Å²) in [5, 5.41) is 11.8. The number of hydrogen-bond acceptors (Lipinski definition) is 3. The van der Waals surface area contributed by atoms with E-state index in [-0.39, 0.29) is 11.8 Å². The molecule has 5 nitrogen and oxygen atoms in total. The van der Waals surface area contributed by atoms with Gasteiger partial charge in [-0.25, -0.2) is 0 Å². The fraction of sp³-hybridized carbons (Fsp3) is 0.467. The molecule has 1 fully saturated rings. The molecule has 0 saturated carbocycles. The van der Waals surface area contributed by atoms with Crippen LogP contribution in [0.3, 0.4) is 0 Å². The number of aromatic hydroxyl groups is 1. The maximum atomic E-state index is 12.2. The molecule has 1 aromatic rings. The Kier molecular flexibility index (Phi) is 4.61. The van der Waals surface area contributed by atoms with Gasteiger partial charge in [0, 0.05) is 18.3 Å². The van der Waals surface area contributed by atoms with E-state index in [1.807, 2.05) is 6.92 Å². The van der Waals surface area contributed by atoms with Gasteiger partial charge in [0.1, 0.15) is 5.75 Å². The van der Waals surface area contributed by atoms with E-state index in [0.717, 1.165) is 25.7 Å². The number of rotatable bonds is 2. The van der Waals surface area contributed by atoms with Crippen molar-refractivity contribution >= 4 is 17.5 Å². The Morgan fingerprint density at radius 1 is 1.30 bits per heavy atom. The zero-order valence-corrected chi connectivity index (χ0v) is 11.6. The second kappa shape index (κ2) is 6.41. The number of likely N-dealkylation sites (tertiary alicyclic amines) is 1. The van der Waals surface area contributed by atoms with Gasteiger partial charge in [0.25, 0.3) is 0 Å². The average molecular weight is 276 g/mol. The highest BCUT2D eigenvalue weighted by molar-refractivity contribution is 6.39. The Morgan fingerprint density at radius 2 is 2.00 bits per heavy atom. The van der Waals surface area contributed by atoms with Crippen molar-refractivity contribution in [3.8, 4) is 5.75 Å². The van der Waals surface area contributed by atoms with E-state index < -0.39 is 11.8 Å². The first-order chi connectivity index (χ1) is 9.61. The van der Waals surface area contributed by atoms with Crippen molar-refractivity contribution in [1.29, 1.82) is 0 Å². The molecule has 2 rings (SSSR count). The normalized spacial score (nSPS) is 18.6. The topological polar surface area (TPSA) is 69.6 Å². The van der Waals surface area contributed by atoms with Crippen LogP contribution in [0.5, 0.6) is 5.75 Å². The second-order valence-corrected chi connectivity index (χ2v) is 5.06. The van der Waals surface area contributed by atoms with Gasteiger partial charge in [-0.15, -0.1) is 0 Å². The molecule has 0 aliphatic carbocycles. The van der Waals surface area contributed by atoms with Crippen molar-refractivity contribution in [3.05, 3.63) is 24.3 Å². The van der Waals surface area contributed by atoms with Crippen LogP contribution in [0, 0.1) is 0 Å². The summed E-state index contributed by atoms with van der Waals surface area (Å²) in [6, 6.07) is 6.23. The van der Waals surface area contributed by atoms with E-state index in [0.29, 0.717) is 12.2 Å². The second-order valence-electron chi connectivity index (χ2n) is 5.06. The summed E-state index contributed by atoms with van der Waals surface area (Å²) in [6.45, 7) is 2.69. The van der Waals surface area contributed by atoms with Crippen molar-refractivity contribution < 1.29 is 14.7 Å². The molecule has 5 heteroatoms. The summed E-state index contributed by atoms with van der Waals surface area (Å²) in [5.41, 5.74) is 0.506. The Bertz CT molecular complexity index is 484. The van der Waals surface area contributed by atoms with Crippen molar-refractivity contribution in [3.63, 3.8) is 0 Å². The molecule has 1 aliphatic heterocycles. The molecule has 108 valence electrons. The number of piperidine rings is 1. The van der Waals surface area contributed by atoms with Gasteiger partial charge in [0.2, 0.25) is 0 Å². The summed E-state index contributed by atoms with van der Waals surface area (Å²) in [6.07, 6.45) is 3.91. The highest BCUT2D eigenvalue weighted by atomic mass is 16.3. The molecular formula is C15H20N2O3. The summed E-state index contributed by atoms with van der Waals surface area (Å²) < 4.78 is 0. The van der Waals surface area contributed by atoms with Gasteiger partial charge in [0.05, 0.1) is 0 Å². The fourth-order valence-corrected chi connectivity index (χ4v) is 2.55. The minimum absolute atomic E-state index is 0.122. The number of nitrogens with one attached hydrogen (secondary N) is 1. The molecule has 0 spiro atoms. The number of anilines is 1. The van der Waals surface area contributed by atoms with Crippen molar-refractivity contribution in [1.82, 2.24) is 4.90 Å². The highest BCUT2D eigenvalue weighted by Crippen LogP contribution is 2.20. The molecule has 1 unspecified atom stereocenters. The molecule has 2 amide bonds. The molecular weight excluding hydrogens is 256 g/mol. The van der Waals surface area contributed by atoms with Gasteiger partial charge in [-0.3, -0.25) is 9.59 Å². The van der Waals surface area contributed by atoms with Crippen LogP contribution in [0.25, 0.3) is 0 Å². The van der Waals surface area contributed by atoms with Crippen molar-refractivity contribution in [2.45, 2.75) is 38.6 Å². The maximum absolute atomic E-state index is 12.2. The maximum Gasteiger partial charge on any atom is 0.313 e. The molecule has 1 aromatic carbocycles. The molecule has 0 radical (unpaired) electrons. The lowest BCUT2D eigenvalue weighted by Crippen LogP contribution is -2.48. The zero-order valence-electron chi connectivity index (χ0n) is 11.6. The third-order valence-electron chi connectivity index (χ3n) is 3.68. The molecule has 1 heterocycles. The molecule has 1 saturated heterocycles. The number of carbonyl (C=O) groups excluding carboxylic acids is 2. The summed E-state index contributed by atoms with van der Waals surface area (Å²) >= 11 is 0. The van der Waals surface area contributed by atoms with Crippen LogP contribution < -0.4 is 5.32 Å². The molecule has 0 bridgehead atoms. The third kappa shape index (κ3) is 3.29. The van der Waals surface area contributed by atoms with Gasteiger partial charge in [-0.2, -0.15) is 0 Å². The van der Waals surface area contributed by atoms with Crippen LogP contribution in [-0.2, 0) is 9.59 Å². The van der Waals surface area contributed by atoms with Gasteiger partial charge in [-0.1, -0.05) is 6.92 Å². The number of amides is 2. The SMILES string of the molecule is CCC1CCCCN1C(=O)C(=O)Nc1ccc(O)cc1. The Hall–Kier alpha value is -2.04. The molecule has 2 N–H and O–H groups in total. The van der Waals surface area contributed by atoms with E-state index in [1.165, 1.54) is 12.1 Å². The largest absolute Gasteiger partial charge is 0.508 e. The van der Waals surface area contributed by atoms with Gasteiger partial charge < -0.3 is 15.3 Å². The van der Waals surface area contributed by atoms with Gasteiger partial charge in [0.15, 0.2) is 0 Å². The molecule has 0 aromatic heterocycles. The van der Waals surface area contributed by atoms with E-state index in [4.69, 9.17) is 0 Å². The van der Waals surface area contributed by atoms with Crippen LogP contribution in [0.15, 0.2) is 24.3 Å². The standard InChI is InChI=1S/C15H20N2O3/c1-2-12-5-3-4-10-17(12)15(20)14(19)16-11-6-8-13(18)9-7-11/h6-9,12,18H,2-5,10H2,1H3,(H,16,19). The zero-order chi connectivity index (χ0) is 14.5. The van der Waals surface area contributed by atoms with E-state index in [2.05, 4.69) is 5.32 Å². The number of carbonyl (C=O) groups is 2. The van der Waals surface area contributed by atoms with Crippen LogP contribution in [0.4, 0.5) is 5.69 Å². The number of hydrogen-bond donors (Lipinski definition) is 2. The molecule has 1 aliphatic rings. The predicted octanol–water partition coefficient (Wildman–Crippen LogP) is 2.12. The number of benzene rings is 1. The molecule has 1 atom stereocenters. The minimum atomic E-state index is -0.615. The van der Waals surface area contributed by atoms with Gasteiger partial charge >= 0.3 is 11.8 Å². The Labute approximate surface area is 118 Å². The van der Waals surface area contributed by atoms with Crippen LogP contribution in [-0.4, -0.2) is 34.4 Å². The first-order valence-corrected chi connectivity index (χ1v) is 7.02. The lowest BCUT2D eigenvalue weighted by Gasteiger charge is -2.34. The number of phenolic OH excluding ortho intramolecular Hbond substituents is 1. The monoisotopic (exact) mass is 276 g/mol. The third-order valence-corrected chi connectivity index (χ3v) is 3.68. The summed E-state index contributed by atoms with van der Waals surface area (Å²) in [4.78, 5) is 25.9. The van der Waals surface area contributed by atoms with Crippen LogP contribution >= 0.6 is 0 Å². The number of nitrogens with zero attached hydrogens (tertiary/aromatic N) is 1. The van der Waals surface area contributed by atoms with E-state index in [9.17, 15) is 14.7 Å².